The number of carbonyl (C=O) groups excluding carboxylic acids is 2. The molecule has 0 N–H and O–H groups in total. The van der Waals surface area contributed by atoms with Gasteiger partial charge in [0.25, 0.3) is 5.91 Å². The first kappa shape index (κ1) is 14.1. The number of carbonyl (C=O) groups is 2. The van der Waals surface area contributed by atoms with Gasteiger partial charge in [-0.05, 0) is 36.4 Å². The first-order valence-electron chi connectivity index (χ1n) is 6.98. The van der Waals surface area contributed by atoms with Crippen LogP contribution in [0.4, 0.5) is 5.69 Å². The Hall–Kier alpha value is -2.82. The highest BCUT2D eigenvalue weighted by molar-refractivity contribution is 5.97. The number of aldehydes is 1. The monoisotopic (exact) mass is 297 g/mol. The SMILES string of the molecule is O=Cc1ccc(OCCN2C(=O)COc3ccccc32)cc1. The molecule has 0 fully saturated rings. The zero-order chi connectivity index (χ0) is 15.4. The summed E-state index contributed by atoms with van der Waals surface area (Å²) in [6, 6.07) is 14.3. The highest BCUT2D eigenvalue weighted by Gasteiger charge is 2.24. The molecule has 2 aromatic rings. The van der Waals surface area contributed by atoms with Crippen LogP contribution in [0.15, 0.2) is 48.5 Å². The number of nitrogens with zero attached hydrogens (tertiary/aromatic N) is 1. The highest BCUT2D eigenvalue weighted by Crippen LogP contribution is 2.31. The molecule has 0 spiro atoms. The number of anilines is 1. The number of hydrogen-bond donors (Lipinski definition) is 0. The van der Waals surface area contributed by atoms with Crippen LogP contribution < -0.4 is 14.4 Å². The molecule has 0 aliphatic carbocycles. The fraction of sp³-hybridized carbons (Fsp3) is 0.176. The summed E-state index contributed by atoms with van der Waals surface area (Å²) in [6.45, 7) is 0.847. The van der Waals surface area contributed by atoms with Gasteiger partial charge >= 0.3 is 0 Å². The van der Waals surface area contributed by atoms with Gasteiger partial charge in [-0.1, -0.05) is 12.1 Å². The number of para-hydroxylation sites is 2. The molecule has 0 atom stereocenters. The van der Waals surface area contributed by atoms with E-state index in [2.05, 4.69) is 0 Å². The van der Waals surface area contributed by atoms with Crippen LogP contribution in [0, 0.1) is 0 Å². The lowest BCUT2D eigenvalue weighted by molar-refractivity contribution is -0.121. The van der Waals surface area contributed by atoms with E-state index in [9.17, 15) is 9.59 Å². The molecular formula is C17H15NO4. The van der Waals surface area contributed by atoms with Crippen molar-refractivity contribution in [1.29, 1.82) is 0 Å². The third-order valence-electron chi connectivity index (χ3n) is 3.41. The summed E-state index contributed by atoms with van der Waals surface area (Å²) >= 11 is 0. The van der Waals surface area contributed by atoms with Crippen molar-refractivity contribution in [2.75, 3.05) is 24.7 Å². The summed E-state index contributed by atoms with van der Waals surface area (Å²) in [5.41, 5.74) is 1.36. The lowest BCUT2D eigenvalue weighted by atomic mass is 10.2. The van der Waals surface area contributed by atoms with E-state index in [4.69, 9.17) is 9.47 Å². The molecule has 0 radical (unpaired) electrons. The van der Waals surface area contributed by atoms with E-state index in [-0.39, 0.29) is 12.5 Å². The van der Waals surface area contributed by atoms with Gasteiger partial charge in [0.05, 0.1) is 12.2 Å². The molecule has 112 valence electrons. The lowest BCUT2D eigenvalue weighted by Crippen LogP contribution is -2.41. The minimum atomic E-state index is -0.0846. The van der Waals surface area contributed by atoms with Gasteiger partial charge in [0.2, 0.25) is 0 Å². The molecule has 0 saturated carbocycles. The number of rotatable bonds is 5. The molecule has 1 aliphatic heterocycles. The van der Waals surface area contributed by atoms with Crippen LogP contribution in [-0.4, -0.2) is 32.0 Å². The van der Waals surface area contributed by atoms with Gasteiger partial charge in [-0.15, -0.1) is 0 Å². The maximum absolute atomic E-state index is 12.0. The zero-order valence-corrected chi connectivity index (χ0v) is 11.9. The Morgan fingerprint density at radius 1 is 1.14 bits per heavy atom. The Balaban J connectivity index is 1.63. The minimum absolute atomic E-state index is 0.0467. The molecule has 1 amide bonds. The Labute approximate surface area is 128 Å². The summed E-state index contributed by atoms with van der Waals surface area (Å²) in [5, 5.41) is 0. The van der Waals surface area contributed by atoms with Crippen molar-refractivity contribution >= 4 is 17.9 Å². The molecule has 1 heterocycles. The fourth-order valence-corrected chi connectivity index (χ4v) is 2.30. The van der Waals surface area contributed by atoms with E-state index in [1.54, 1.807) is 29.2 Å². The number of fused-ring (bicyclic) bond motifs is 1. The van der Waals surface area contributed by atoms with Crippen molar-refractivity contribution < 1.29 is 19.1 Å². The molecule has 5 heteroatoms. The van der Waals surface area contributed by atoms with Gasteiger partial charge < -0.3 is 14.4 Å². The molecule has 5 nitrogen and oxygen atoms in total. The van der Waals surface area contributed by atoms with Gasteiger partial charge in [-0.3, -0.25) is 9.59 Å². The van der Waals surface area contributed by atoms with Gasteiger partial charge in [0.15, 0.2) is 6.61 Å². The maximum Gasteiger partial charge on any atom is 0.265 e. The van der Waals surface area contributed by atoms with Gasteiger partial charge in [-0.2, -0.15) is 0 Å². The van der Waals surface area contributed by atoms with Crippen molar-refractivity contribution in [1.82, 2.24) is 0 Å². The second kappa shape index (κ2) is 6.30. The van der Waals surface area contributed by atoms with Crippen LogP contribution in [-0.2, 0) is 4.79 Å². The Kier molecular flexibility index (Phi) is 4.05. The van der Waals surface area contributed by atoms with Crippen LogP contribution in [0.2, 0.25) is 0 Å². The van der Waals surface area contributed by atoms with Gasteiger partial charge in [-0.25, -0.2) is 0 Å². The van der Waals surface area contributed by atoms with E-state index < -0.39 is 0 Å². The third-order valence-corrected chi connectivity index (χ3v) is 3.41. The average molecular weight is 297 g/mol. The molecule has 0 bridgehead atoms. The van der Waals surface area contributed by atoms with Crippen molar-refractivity contribution in [3.63, 3.8) is 0 Å². The molecule has 1 aliphatic rings. The largest absolute Gasteiger partial charge is 0.492 e. The normalized spacial score (nSPS) is 13.3. The van der Waals surface area contributed by atoms with E-state index in [0.717, 1.165) is 12.0 Å². The molecule has 0 saturated heterocycles. The highest BCUT2D eigenvalue weighted by atomic mass is 16.5. The number of ether oxygens (including phenoxy) is 2. The Bertz CT molecular complexity index is 681. The summed E-state index contributed by atoms with van der Waals surface area (Å²) < 4.78 is 11.0. The molecule has 0 unspecified atom stereocenters. The molecule has 2 aromatic carbocycles. The predicted octanol–water partition coefficient (Wildman–Crippen LogP) is 2.30. The van der Waals surface area contributed by atoms with E-state index >= 15 is 0 Å². The summed E-state index contributed by atoms with van der Waals surface area (Å²) in [6.07, 6.45) is 0.785. The number of amides is 1. The predicted molar refractivity (Wildman–Crippen MR) is 81.6 cm³/mol. The van der Waals surface area contributed by atoms with E-state index in [1.807, 2.05) is 24.3 Å². The maximum atomic E-state index is 12.0. The minimum Gasteiger partial charge on any atom is -0.492 e. The number of hydrogen-bond acceptors (Lipinski definition) is 4. The fourth-order valence-electron chi connectivity index (χ4n) is 2.30. The lowest BCUT2D eigenvalue weighted by Gasteiger charge is -2.29. The van der Waals surface area contributed by atoms with Crippen molar-refractivity contribution in [3.8, 4) is 11.5 Å². The van der Waals surface area contributed by atoms with Gasteiger partial charge in [0, 0.05) is 5.56 Å². The van der Waals surface area contributed by atoms with Gasteiger partial charge in [0.1, 0.15) is 24.4 Å². The summed E-state index contributed by atoms with van der Waals surface area (Å²) in [5.74, 6) is 1.29. The molecule has 3 rings (SSSR count). The van der Waals surface area contributed by atoms with Crippen molar-refractivity contribution in [2.45, 2.75) is 0 Å². The van der Waals surface area contributed by atoms with Crippen LogP contribution in [0.25, 0.3) is 0 Å². The molecular weight excluding hydrogens is 282 g/mol. The first-order chi connectivity index (χ1) is 10.8. The molecule has 0 aromatic heterocycles. The second-order valence-corrected chi connectivity index (χ2v) is 4.84. The summed E-state index contributed by atoms with van der Waals surface area (Å²) in [4.78, 5) is 24.2. The number of benzene rings is 2. The Morgan fingerprint density at radius 2 is 1.91 bits per heavy atom. The summed E-state index contributed by atoms with van der Waals surface area (Å²) in [7, 11) is 0. The second-order valence-electron chi connectivity index (χ2n) is 4.84. The average Bonchev–Trinajstić information content (AvgIpc) is 2.57. The van der Waals surface area contributed by atoms with Crippen molar-refractivity contribution in [2.24, 2.45) is 0 Å². The standard InChI is InChI=1S/C17H15NO4/c19-11-13-5-7-14(8-6-13)21-10-9-18-15-3-1-2-4-16(15)22-12-17(18)20/h1-8,11H,9-10,12H2. The van der Waals surface area contributed by atoms with Crippen LogP contribution in [0.5, 0.6) is 11.5 Å². The van der Waals surface area contributed by atoms with E-state index in [0.29, 0.717) is 30.2 Å². The first-order valence-corrected chi connectivity index (χ1v) is 6.98. The van der Waals surface area contributed by atoms with Crippen LogP contribution in [0.3, 0.4) is 0 Å². The van der Waals surface area contributed by atoms with Crippen molar-refractivity contribution in [3.05, 3.63) is 54.1 Å². The topological polar surface area (TPSA) is 55.8 Å². The smallest absolute Gasteiger partial charge is 0.265 e. The quantitative estimate of drug-likeness (QED) is 0.795. The van der Waals surface area contributed by atoms with E-state index in [1.165, 1.54) is 0 Å². The molecule has 22 heavy (non-hydrogen) atoms. The van der Waals surface area contributed by atoms with Crippen LogP contribution in [0.1, 0.15) is 10.4 Å². The Morgan fingerprint density at radius 3 is 2.68 bits per heavy atom. The van der Waals surface area contributed by atoms with Crippen LogP contribution >= 0.6 is 0 Å². The zero-order valence-electron chi connectivity index (χ0n) is 11.9. The third kappa shape index (κ3) is 2.93.